The van der Waals surface area contributed by atoms with E-state index in [-0.39, 0.29) is 43.8 Å². The summed E-state index contributed by atoms with van der Waals surface area (Å²) in [6.07, 6.45) is 0.0977. The normalized spacial score (nSPS) is 23.7. The van der Waals surface area contributed by atoms with Crippen LogP contribution in [0.2, 0.25) is 5.02 Å². The van der Waals surface area contributed by atoms with Gasteiger partial charge in [0.1, 0.15) is 11.9 Å². The fourth-order valence-electron chi connectivity index (χ4n) is 6.77. The zero-order chi connectivity index (χ0) is 31.8. The Morgan fingerprint density at radius 3 is 2.71 bits per heavy atom. The number of hydrogen-bond donors (Lipinski definition) is 0. The van der Waals surface area contributed by atoms with E-state index in [1.54, 1.807) is 0 Å². The minimum Gasteiger partial charge on any atom is -0.457 e. The number of benzene rings is 2. The number of rotatable bonds is 7. The smallest absolute Gasteiger partial charge is 0.318 e. The Bertz CT molecular complexity index is 1660. The Labute approximate surface area is 267 Å². The first-order chi connectivity index (χ1) is 21.6. The highest BCUT2D eigenvalue weighted by atomic mass is 35.5. The van der Waals surface area contributed by atoms with Crippen molar-refractivity contribution in [3.8, 4) is 12.1 Å². The minimum absolute atomic E-state index is 0.0471. The zero-order valence-corrected chi connectivity index (χ0v) is 26.5. The predicted molar refractivity (Wildman–Crippen MR) is 170 cm³/mol. The summed E-state index contributed by atoms with van der Waals surface area (Å²) in [6, 6.07) is 14.0. The van der Waals surface area contributed by atoms with Gasteiger partial charge in [-0.05, 0) is 38.2 Å². The first-order valence-electron chi connectivity index (χ1n) is 15.1. The topological polar surface area (TPSA) is 98.1 Å². The fraction of sp³-hybridized carbons (Fsp3) is 0.455. The second kappa shape index (κ2) is 12.9. The highest BCUT2D eigenvalue weighted by Gasteiger charge is 2.38. The molecule has 4 heterocycles. The third-order valence-corrected chi connectivity index (χ3v) is 9.35. The fourth-order valence-corrected chi connectivity index (χ4v) is 7.06. The molecule has 0 spiro atoms. The number of amides is 1. The van der Waals surface area contributed by atoms with Crippen LogP contribution in [0.25, 0.3) is 10.8 Å². The molecule has 0 N–H and O–H groups in total. The highest BCUT2D eigenvalue weighted by molar-refractivity contribution is 6.35. The van der Waals surface area contributed by atoms with E-state index in [4.69, 9.17) is 31.0 Å². The average molecular weight is 634 g/mol. The van der Waals surface area contributed by atoms with Crippen LogP contribution in [0.4, 0.5) is 10.2 Å². The number of halogens is 2. The van der Waals surface area contributed by atoms with Crippen molar-refractivity contribution in [2.45, 2.75) is 43.7 Å². The van der Waals surface area contributed by atoms with Gasteiger partial charge in [-0.25, -0.2) is 4.39 Å². The molecule has 12 heteroatoms. The summed E-state index contributed by atoms with van der Waals surface area (Å²) >= 11 is 6.68. The molecule has 0 aliphatic carbocycles. The first-order valence-corrected chi connectivity index (χ1v) is 15.5. The van der Waals surface area contributed by atoms with Gasteiger partial charge in [0.2, 0.25) is 0 Å². The molecule has 3 aromatic rings. The molecule has 2 saturated heterocycles. The van der Waals surface area contributed by atoms with Crippen LogP contribution >= 0.6 is 11.6 Å². The number of nitriles is 1. The molecule has 236 valence electrons. The number of piperazine rings is 1. The van der Waals surface area contributed by atoms with Crippen LogP contribution in [0, 0.1) is 11.3 Å². The van der Waals surface area contributed by atoms with Gasteiger partial charge in [0.25, 0.3) is 5.91 Å². The number of aromatic nitrogens is 2. The van der Waals surface area contributed by atoms with E-state index in [0.29, 0.717) is 30.4 Å². The van der Waals surface area contributed by atoms with Crippen molar-refractivity contribution >= 4 is 34.1 Å². The molecule has 2 aromatic carbocycles. The molecule has 0 radical (unpaired) electrons. The van der Waals surface area contributed by atoms with E-state index >= 15 is 0 Å². The summed E-state index contributed by atoms with van der Waals surface area (Å²) in [7, 11) is 6.15. The molecule has 0 bridgehead atoms. The number of fused-ring (bicyclic) bond motifs is 2. The lowest BCUT2D eigenvalue weighted by Gasteiger charge is -2.42. The lowest BCUT2D eigenvalue weighted by molar-refractivity contribution is -0.131. The van der Waals surface area contributed by atoms with Gasteiger partial charge >= 0.3 is 6.01 Å². The molecule has 45 heavy (non-hydrogen) atoms. The number of ether oxygens (including phenoxy) is 2. The van der Waals surface area contributed by atoms with Crippen molar-refractivity contribution in [3.05, 3.63) is 70.6 Å². The molecular weight excluding hydrogens is 597 g/mol. The molecule has 1 unspecified atom stereocenters. The molecule has 0 saturated carbocycles. The summed E-state index contributed by atoms with van der Waals surface area (Å²) in [6.45, 7) is 5.93. The van der Waals surface area contributed by atoms with E-state index in [0.717, 1.165) is 40.7 Å². The Kier molecular flexibility index (Phi) is 8.93. The van der Waals surface area contributed by atoms with Crippen LogP contribution < -0.4 is 9.64 Å². The van der Waals surface area contributed by atoms with Crippen molar-refractivity contribution in [2.24, 2.45) is 0 Å². The van der Waals surface area contributed by atoms with Crippen LogP contribution in [-0.4, -0.2) is 103 Å². The number of hydrogen-bond acceptors (Lipinski definition) is 9. The molecule has 6 rings (SSSR count). The lowest BCUT2D eigenvalue weighted by Crippen LogP contribution is -2.55. The van der Waals surface area contributed by atoms with E-state index in [2.05, 4.69) is 29.5 Å². The number of anilines is 1. The summed E-state index contributed by atoms with van der Waals surface area (Å²) in [4.78, 5) is 30.2. The highest BCUT2D eigenvalue weighted by Crippen LogP contribution is 2.40. The van der Waals surface area contributed by atoms with Gasteiger partial charge in [-0.3, -0.25) is 4.79 Å². The van der Waals surface area contributed by atoms with Gasteiger partial charge in [-0.1, -0.05) is 48.5 Å². The van der Waals surface area contributed by atoms with E-state index in [1.807, 2.05) is 55.4 Å². The maximum atomic E-state index is 13.8. The summed E-state index contributed by atoms with van der Waals surface area (Å²) in [5.74, 6) is -1.18. The van der Waals surface area contributed by atoms with Crippen LogP contribution in [-0.2, 0) is 22.6 Å². The molecular formula is C33H37ClFN7O3. The molecule has 3 aliphatic heterocycles. The number of likely N-dealkylation sites (N-methyl/N-ethyl adjacent to an activating group) is 2. The third-order valence-electron chi connectivity index (χ3n) is 9.03. The number of carbonyl (C=O) groups is 1. The van der Waals surface area contributed by atoms with Crippen LogP contribution in [0.5, 0.6) is 6.01 Å². The monoisotopic (exact) mass is 633 g/mol. The first kappa shape index (κ1) is 31.2. The van der Waals surface area contributed by atoms with Crippen molar-refractivity contribution in [1.82, 2.24) is 24.7 Å². The molecule has 4 atom stereocenters. The lowest BCUT2D eigenvalue weighted by atomic mass is 9.94. The van der Waals surface area contributed by atoms with Crippen LogP contribution in [0.1, 0.15) is 29.3 Å². The van der Waals surface area contributed by atoms with Gasteiger partial charge < -0.3 is 29.1 Å². The Morgan fingerprint density at radius 1 is 1.20 bits per heavy atom. The van der Waals surface area contributed by atoms with Crippen LogP contribution in [0.15, 0.2) is 48.8 Å². The zero-order valence-electron chi connectivity index (χ0n) is 25.7. The molecule has 10 nitrogen and oxygen atoms in total. The van der Waals surface area contributed by atoms with E-state index in [1.165, 1.54) is 4.90 Å². The quantitative estimate of drug-likeness (QED) is 0.356. The Balaban J connectivity index is 1.37. The van der Waals surface area contributed by atoms with Gasteiger partial charge in [-0.2, -0.15) is 15.2 Å². The maximum Gasteiger partial charge on any atom is 0.318 e. The standard InChI is InChI=1S/C33H37ClFN7O3/c1-20(35)32(43)42-14-13-41(16-22(42)11-12-36)31-24-19-44-28(23-9-5-7-21-8-6-10-25(34)30(21)23)15-26(24)37-33(38-31)45-29-18-40(4)17-27(29)39(2)3/h5-10,22,27-29H,1,11,13-19H2,2-4H3/t22-,27+,28?,29+/m0/s1. The van der Waals surface area contributed by atoms with Crippen molar-refractivity contribution < 1.29 is 18.7 Å². The maximum absolute atomic E-state index is 13.8. The van der Waals surface area contributed by atoms with E-state index < -0.39 is 17.8 Å². The Hall–Kier alpha value is -3.82. The van der Waals surface area contributed by atoms with Crippen molar-refractivity contribution in [2.75, 3.05) is 58.8 Å². The summed E-state index contributed by atoms with van der Waals surface area (Å²) in [5.41, 5.74) is 2.64. The summed E-state index contributed by atoms with van der Waals surface area (Å²) < 4.78 is 26.9. The van der Waals surface area contributed by atoms with Gasteiger partial charge in [0, 0.05) is 55.1 Å². The molecule has 2 fully saturated rings. The largest absolute Gasteiger partial charge is 0.457 e. The van der Waals surface area contributed by atoms with Crippen molar-refractivity contribution in [1.29, 1.82) is 5.26 Å². The summed E-state index contributed by atoms with van der Waals surface area (Å²) in [5, 5.41) is 12.2. The van der Waals surface area contributed by atoms with Gasteiger partial charge in [0.15, 0.2) is 5.83 Å². The SMILES string of the molecule is C=C(F)C(=O)N1CCN(c2nc(O[C@@H]3CN(C)C[C@H]3N(C)C)nc3c2COC(c2cccc4cccc(Cl)c24)C3)C[C@@H]1CC#N. The minimum atomic E-state index is -1.04. The second-order valence-corrected chi connectivity index (χ2v) is 12.6. The van der Waals surface area contributed by atoms with E-state index in [9.17, 15) is 14.4 Å². The number of likely N-dealkylation sites (tertiary alicyclic amines) is 1. The average Bonchev–Trinajstić information content (AvgIpc) is 3.40. The van der Waals surface area contributed by atoms with Crippen LogP contribution in [0.3, 0.4) is 0 Å². The predicted octanol–water partition coefficient (Wildman–Crippen LogP) is 4.13. The Morgan fingerprint density at radius 2 is 1.98 bits per heavy atom. The second-order valence-electron chi connectivity index (χ2n) is 12.2. The molecule has 1 aromatic heterocycles. The van der Waals surface area contributed by atoms with Crippen molar-refractivity contribution in [3.63, 3.8) is 0 Å². The van der Waals surface area contributed by atoms with Gasteiger partial charge in [0.05, 0.1) is 43.0 Å². The molecule has 3 aliphatic rings. The number of carbonyl (C=O) groups excluding carboxylic acids is 1. The molecule has 1 amide bonds. The number of nitrogens with zero attached hydrogens (tertiary/aromatic N) is 7. The third kappa shape index (κ3) is 6.20. The van der Waals surface area contributed by atoms with Gasteiger partial charge in [-0.15, -0.1) is 0 Å².